The summed E-state index contributed by atoms with van der Waals surface area (Å²) in [5.74, 6) is 0.00901. The van der Waals surface area contributed by atoms with Gasteiger partial charge in [-0.2, -0.15) is 13.2 Å². The number of carbonyl (C=O) groups is 1. The van der Waals surface area contributed by atoms with Crippen LogP contribution in [-0.4, -0.2) is 25.2 Å². The first-order valence-corrected chi connectivity index (χ1v) is 7.57. The molecule has 1 aromatic rings. The Balaban J connectivity index is 2.17. The average molecular weight is 333 g/mol. The van der Waals surface area contributed by atoms with Crippen LogP contribution < -0.4 is 10.5 Å². The van der Waals surface area contributed by atoms with Crippen LogP contribution in [0.5, 0.6) is 5.75 Å². The number of hydrogen-bond donors (Lipinski definition) is 1. The highest BCUT2D eigenvalue weighted by Gasteiger charge is 2.29. The summed E-state index contributed by atoms with van der Waals surface area (Å²) in [5, 5.41) is 0. The lowest BCUT2D eigenvalue weighted by Gasteiger charge is -2.11. The van der Waals surface area contributed by atoms with Gasteiger partial charge in [0.25, 0.3) is 0 Å². The summed E-state index contributed by atoms with van der Waals surface area (Å²) >= 11 is 0. The van der Waals surface area contributed by atoms with Crippen LogP contribution in [0.3, 0.4) is 0 Å². The van der Waals surface area contributed by atoms with E-state index in [1.54, 1.807) is 6.92 Å². The van der Waals surface area contributed by atoms with Gasteiger partial charge in [0.05, 0.1) is 18.8 Å². The highest BCUT2D eigenvalue weighted by atomic mass is 19.4. The highest BCUT2D eigenvalue weighted by molar-refractivity contribution is 5.75. The first-order chi connectivity index (χ1) is 10.8. The van der Waals surface area contributed by atoms with Crippen molar-refractivity contribution < 1.29 is 27.4 Å². The Kier molecular flexibility index (Phi) is 7.88. The summed E-state index contributed by atoms with van der Waals surface area (Å²) in [5.41, 5.74) is 4.96. The van der Waals surface area contributed by atoms with Crippen molar-refractivity contribution in [2.24, 2.45) is 5.73 Å². The summed E-state index contributed by atoms with van der Waals surface area (Å²) in [7, 11) is 0. The Morgan fingerprint density at radius 2 is 1.83 bits per heavy atom. The SMILES string of the molecule is CCOC(=O)C(N)CCCCCOc1ccc(C(F)(F)F)cc1. The van der Waals surface area contributed by atoms with Gasteiger partial charge in [0.15, 0.2) is 0 Å². The van der Waals surface area contributed by atoms with Crippen LogP contribution in [-0.2, 0) is 15.7 Å². The molecule has 0 aliphatic heterocycles. The van der Waals surface area contributed by atoms with Crippen molar-refractivity contribution >= 4 is 5.97 Å². The molecule has 0 saturated carbocycles. The Labute approximate surface area is 133 Å². The van der Waals surface area contributed by atoms with E-state index < -0.39 is 23.8 Å². The Morgan fingerprint density at radius 3 is 2.39 bits per heavy atom. The lowest BCUT2D eigenvalue weighted by molar-refractivity contribution is -0.144. The third kappa shape index (κ3) is 7.36. The van der Waals surface area contributed by atoms with E-state index >= 15 is 0 Å². The smallest absolute Gasteiger partial charge is 0.416 e. The zero-order valence-corrected chi connectivity index (χ0v) is 13.1. The Hall–Kier alpha value is -1.76. The minimum absolute atomic E-state index is 0.313. The number of unbranched alkanes of at least 4 members (excludes halogenated alkanes) is 2. The predicted molar refractivity (Wildman–Crippen MR) is 80.0 cm³/mol. The van der Waals surface area contributed by atoms with Gasteiger partial charge < -0.3 is 15.2 Å². The molecule has 0 radical (unpaired) electrons. The maximum atomic E-state index is 12.4. The van der Waals surface area contributed by atoms with Crippen LogP contribution in [0.1, 0.15) is 38.2 Å². The van der Waals surface area contributed by atoms with Crippen LogP contribution >= 0.6 is 0 Å². The maximum Gasteiger partial charge on any atom is 0.416 e. The quantitative estimate of drug-likeness (QED) is 0.555. The number of hydrogen-bond acceptors (Lipinski definition) is 4. The standard InChI is InChI=1S/C16H22F3NO3/c1-2-22-15(21)14(20)6-4-3-5-11-23-13-9-7-12(8-10-13)16(17,18)19/h7-10,14H,2-6,11,20H2,1H3. The van der Waals surface area contributed by atoms with Gasteiger partial charge in [-0.15, -0.1) is 0 Å². The number of rotatable bonds is 9. The van der Waals surface area contributed by atoms with Gasteiger partial charge in [-0.05, 0) is 50.5 Å². The van der Waals surface area contributed by atoms with E-state index in [0.29, 0.717) is 25.4 Å². The fourth-order valence-electron chi connectivity index (χ4n) is 1.94. The molecule has 0 bridgehead atoms. The summed E-state index contributed by atoms with van der Waals surface area (Å²) in [6.07, 6.45) is -1.49. The fourth-order valence-corrected chi connectivity index (χ4v) is 1.94. The van der Waals surface area contributed by atoms with Gasteiger partial charge in [-0.1, -0.05) is 6.42 Å². The molecule has 0 aliphatic carbocycles. The van der Waals surface area contributed by atoms with Gasteiger partial charge in [0, 0.05) is 0 Å². The van der Waals surface area contributed by atoms with Crippen molar-refractivity contribution in [2.75, 3.05) is 13.2 Å². The van der Waals surface area contributed by atoms with Crippen LogP contribution in [0, 0.1) is 0 Å². The van der Waals surface area contributed by atoms with E-state index in [0.717, 1.165) is 31.4 Å². The minimum atomic E-state index is -4.34. The van der Waals surface area contributed by atoms with Crippen molar-refractivity contribution in [2.45, 2.75) is 44.8 Å². The minimum Gasteiger partial charge on any atom is -0.494 e. The van der Waals surface area contributed by atoms with Crippen molar-refractivity contribution in [1.29, 1.82) is 0 Å². The number of benzene rings is 1. The molecule has 0 fully saturated rings. The maximum absolute atomic E-state index is 12.4. The second-order valence-corrected chi connectivity index (χ2v) is 5.08. The number of esters is 1. The monoisotopic (exact) mass is 333 g/mol. The predicted octanol–water partition coefficient (Wildman–Crippen LogP) is 3.54. The molecule has 1 aromatic carbocycles. The number of nitrogens with two attached hydrogens (primary N) is 1. The highest BCUT2D eigenvalue weighted by Crippen LogP contribution is 2.30. The second-order valence-electron chi connectivity index (χ2n) is 5.08. The Morgan fingerprint density at radius 1 is 1.17 bits per heavy atom. The molecule has 7 heteroatoms. The number of ether oxygens (including phenoxy) is 2. The first kappa shape index (κ1) is 19.3. The molecule has 0 saturated heterocycles. The summed E-state index contributed by atoms with van der Waals surface area (Å²) in [6.45, 7) is 2.44. The van der Waals surface area contributed by atoms with Crippen molar-refractivity contribution in [1.82, 2.24) is 0 Å². The number of alkyl halides is 3. The zero-order chi connectivity index (χ0) is 17.3. The zero-order valence-electron chi connectivity index (χ0n) is 13.1. The molecule has 2 N–H and O–H groups in total. The van der Waals surface area contributed by atoms with Crippen LogP contribution in [0.4, 0.5) is 13.2 Å². The molecular formula is C16H22F3NO3. The van der Waals surface area contributed by atoms with Gasteiger partial charge in [0.2, 0.25) is 0 Å². The molecule has 1 unspecified atom stereocenters. The lowest BCUT2D eigenvalue weighted by atomic mass is 10.1. The topological polar surface area (TPSA) is 61.5 Å². The summed E-state index contributed by atoms with van der Waals surface area (Å²) in [6, 6.07) is 3.99. The van der Waals surface area contributed by atoms with Crippen molar-refractivity contribution in [3.05, 3.63) is 29.8 Å². The van der Waals surface area contributed by atoms with Crippen molar-refractivity contribution in [3.8, 4) is 5.75 Å². The first-order valence-electron chi connectivity index (χ1n) is 7.57. The molecule has 1 atom stereocenters. The normalized spacial score (nSPS) is 12.7. The average Bonchev–Trinajstić information content (AvgIpc) is 2.50. The van der Waals surface area contributed by atoms with E-state index in [-0.39, 0.29) is 0 Å². The van der Waals surface area contributed by atoms with E-state index in [1.165, 1.54) is 12.1 Å². The van der Waals surface area contributed by atoms with Crippen LogP contribution in [0.15, 0.2) is 24.3 Å². The number of carbonyl (C=O) groups excluding carboxylic acids is 1. The van der Waals surface area contributed by atoms with Gasteiger partial charge >= 0.3 is 12.1 Å². The molecule has 0 aromatic heterocycles. The van der Waals surface area contributed by atoms with E-state index in [2.05, 4.69) is 0 Å². The Bertz CT molecular complexity index is 474. The lowest BCUT2D eigenvalue weighted by Crippen LogP contribution is -2.32. The molecule has 0 amide bonds. The van der Waals surface area contributed by atoms with Crippen LogP contribution in [0.2, 0.25) is 0 Å². The van der Waals surface area contributed by atoms with Gasteiger partial charge in [-0.25, -0.2) is 0 Å². The van der Waals surface area contributed by atoms with E-state index in [9.17, 15) is 18.0 Å². The number of halogens is 3. The molecule has 0 aliphatic rings. The molecule has 4 nitrogen and oxygen atoms in total. The third-order valence-electron chi connectivity index (χ3n) is 3.20. The van der Waals surface area contributed by atoms with Crippen LogP contribution in [0.25, 0.3) is 0 Å². The van der Waals surface area contributed by atoms with Gasteiger partial charge in [-0.3, -0.25) is 4.79 Å². The summed E-state index contributed by atoms with van der Waals surface area (Å²) in [4.78, 5) is 11.3. The second kappa shape index (κ2) is 9.39. The molecule has 130 valence electrons. The molecule has 23 heavy (non-hydrogen) atoms. The molecule has 0 heterocycles. The van der Waals surface area contributed by atoms with Crippen molar-refractivity contribution in [3.63, 3.8) is 0 Å². The van der Waals surface area contributed by atoms with E-state index in [1.807, 2.05) is 0 Å². The fraction of sp³-hybridized carbons (Fsp3) is 0.562. The molecule has 0 spiro atoms. The largest absolute Gasteiger partial charge is 0.494 e. The van der Waals surface area contributed by atoms with E-state index in [4.69, 9.17) is 15.2 Å². The molecule has 1 rings (SSSR count). The molecular weight excluding hydrogens is 311 g/mol. The summed E-state index contributed by atoms with van der Waals surface area (Å²) < 4.78 is 47.4. The third-order valence-corrected chi connectivity index (χ3v) is 3.20. The van der Waals surface area contributed by atoms with Gasteiger partial charge in [0.1, 0.15) is 11.8 Å².